The Labute approximate surface area is 252 Å². The molecule has 42 heavy (non-hydrogen) atoms. The van der Waals surface area contributed by atoms with Crippen LogP contribution >= 0.6 is 11.6 Å². The number of aryl methyl sites for hydroxylation is 1. The minimum absolute atomic E-state index is 0.108. The standard InChI is InChI=1S/C33H40ClN3O5/c1-4-8-22-9-5-6-10-25(22)26-12-14-28(31(39)36-33(32(40)41)17-15-24(38)16-18-33)35-30(26)23-11-13-27(34)29(21-23)42-20-7-19-37(2)3/h5-6,9-14,21,24,38H,4,7-8,15-20H2,1-3H3,(H,36,39)(H,40,41). The fraction of sp³-hybridized carbons (Fsp3) is 0.424. The van der Waals surface area contributed by atoms with Gasteiger partial charge in [0.1, 0.15) is 17.0 Å². The number of aliphatic hydroxyl groups is 1. The van der Waals surface area contributed by atoms with Crippen molar-refractivity contribution in [2.24, 2.45) is 0 Å². The molecule has 2 aromatic carbocycles. The van der Waals surface area contributed by atoms with Crippen molar-refractivity contribution in [2.75, 3.05) is 27.2 Å². The minimum Gasteiger partial charge on any atom is -0.492 e. The predicted octanol–water partition coefficient (Wildman–Crippen LogP) is 5.84. The van der Waals surface area contributed by atoms with E-state index < -0.39 is 23.5 Å². The van der Waals surface area contributed by atoms with Gasteiger partial charge in [-0.25, -0.2) is 9.78 Å². The van der Waals surface area contributed by atoms with Crippen LogP contribution in [0.1, 0.15) is 61.5 Å². The first-order valence-corrected chi connectivity index (χ1v) is 14.9. The van der Waals surface area contributed by atoms with Crippen LogP contribution in [0.15, 0.2) is 54.6 Å². The van der Waals surface area contributed by atoms with Crippen LogP contribution in [0.5, 0.6) is 5.75 Å². The molecule has 1 amide bonds. The molecule has 0 bridgehead atoms. The summed E-state index contributed by atoms with van der Waals surface area (Å²) >= 11 is 6.50. The van der Waals surface area contributed by atoms with Crippen molar-refractivity contribution in [3.63, 3.8) is 0 Å². The van der Waals surface area contributed by atoms with E-state index in [-0.39, 0.29) is 18.5 Å². The lowest BCUT2D eigenvalue weighted by Gasteiger charge is -2.35. The summed E-state index contributed by atoms with van der Waals surface area (Å²) < 4.78 is 6.03. The Morgan fingerprint density at radius 1 is 1.10 bits per heavy atom. The molecular formula is C33H40ClN3O5. The van der Waals surface area contributed by atoms with Crippen LogP contribution in [-0.4, -0.2) is 70.9 Å². The van der Waals surface area contributed by atoms with Crippen LogP contribution < -0.4 is 10.1 Å². The molecule has 0 unspecified atom stereocenters. The first-order chi connectivity index (χ1) is 20.1. The van der Waals surface area contributed by atoms with Gasteiger partial charge in [-0.2, -0.15) is 0 Å². The van der Waals surface area contributed by atoms with Crippen molar-refractivity contribution < 1.29 is 24.5 Å². The molecule has 9 heteroatoms. The summed E-state index contributed by atoms with van der Waals surface area (Å²) in [5.41, 5.74) is 3.00. The normalized spacial score (nSPS) is 18.6. The summed E-state index contributed by atoms with van der Waals surface area (Å²) in [6.07, 6.45) is 3.03. The smallest absolute Gasteiger partial charge is 0.329 e. The summed E-state index contributed by atoms with van der Waals surface area (Å²) in [5.74, 6) is -1.15. The molecule has 1 aliphatic rings. The highest BCUT2D eigenvalue weighted by Gasteiger charge is 2.43. The third-order valence-corrected chi connectivity index (χ3v) is 8.05. The topological polar surface area (TPSA) is 112 Å². The van der Waals surface area contributed by atoms with Crippen molar-refractivity contribution in [3.05, 3.63) is 70.9 Å². The number of aliphatic hydroxyl groups excluding tert-OH is 1. The highest BCUT2D eigenvalue weighted by atomic mass is 35.5. The van der Waals surface area contributed by atoms with Gasteiger partial charge in [0.05, 0.1) is 23.4 Å². The second-order valence-corrected chi connectivity index (χ2v) is 11.6. The maximum absolute atomic E-state index is 13.5. The van der Waals surface area contributed by atoms with Crippen LogP contribution in [0.2, 0.25) is 5.02 Å². The van der Waals surface area contributed by atoms with Crippen LogP contribution in [0, 0.1) is 0 Å². The van der Waals surface area contributed by atoms with Crippen LogP contribution in [-0.2, 0) is 11.2 Å². The van der Waals surface area contributed by atoms with Gasteiger partial charge in [-0.3, -0.25) is 4.79 Å². The Kier molecular flexibility index (Phi) is 10.6. The van der Waals surface area contributed by atoms with Gasteiger partial charge in [-0.1, -0.05) is 55.3 Å². The zero-order valence-electron chi connectivity index (χ0n) is 24.5. The van der Waals surface area contributed by atoms with E-state index in [9.17, 15) is 19.8 Å². The number of aliphatic carboxylic acids is 1. The lowest BCUT2D eigenvalue weighted by atomic mass is 9.80. The first-order valence-electron chi connectivity index (χ1n) is 14.5. The average molecular weight is 594 g/mol. The monoisotopic (exact) mass is 593 g/mol. The Hall–Kier alpha value is -3.46. The molecular weight excluding hydrogens is 554 g/mol. The van der Waals surface area contributed by atoms with E-state index in [1.807, 2.05) is 50.5 Å². The summed E-state index contributed by atoms with van der Waals surface area (Å²) in [7, 11) is 4.02. The molecule has 4 rings (SSSR count). The number of amides is 1. The molecule has 1 fully saturated rings. The van der Waals surface area contributed by atoms with E-state index in [0.29, 0.717) is 35.9 Å². The number of carbonyl (C=O) groups excluding carboxylic acids is 1. The number of nitrogens with one attached hydrogen (secondary N) is 1. The van der Waals surface area contributed by atoms with Gasteiger partial charge in [-0.15, -0.1) is 0 Å². The van der Waals surface area contributed by atoms with Crippen molar-refractivity contribution in [3.8, 4) is 28.1 Å². The van der Waals surface area contributed by atoms with Gasteiger partial charge < -0.3 is 25.2 Å². The third-order valence-electron chi connectivity index (χ3n) is 7.74. The van der Waals surface area contributed by atoms with Gasteiger partial charge in [-0.05, 0) is 88.0 Å². The molecule has 1 aromatic heterocycles. The van der Waals surface area contributed by atoms with Gasteiger partial charge in [0.25, 0.3) is 5.91 Å². The molecule has 224 valence electrons. The van der Waals surface area contributed by atoms with Crippen LogP contribution in [0.4, 0.5) is 0 Å². The second-order valence-electron chi connectivity index (χ2n) is 11.2. The van der Waals surface area contributed by atoms with E-state index in [4.69, 9.17) is 21.3 Å². The van der Waals surface area contributed by atoms with E-state index in [0.717, 1.165) is 42.5 Å². The first kappa shape index (κ1) is 31.5. The van der Waals surface area contributed by atoms with Crippen LogP contribution in [0.25, 0.3) is 22.4 Å². The number of carboxylic acid groups (broad SMARTS) is 1. The number of hydrogen-bond donors (Lipinski definition) is 3. The fourth-order valence-corrected chi connectivity index (χ4v) is 5.56. The fourth-order valence-electron chi connectivity index (χ4n) is 5.39. The Balaban J connectivity index is 1.75. The van der Waals surface area contributed by atoms with E-state index in [1.165, 1.54) is 5.56 Å². The van der Waals surface area contributed by atoms with Gasteiger partial charge >= 0.3 is 5.97 Å². The number of carboxylic acids is 1. The molecule has 0 saturated heterocycles. The number of hydrogen-bond acceptors (Lipinski definition) is 6. The highest BCUT2D eigenvalue weighted by Crippen LogP contribution is 2.37. The van der Waals surface area contributed by atoms with E-state index in [1.54, 1.807) is 12.1 Å². The summed E-state index contributed by atoms with van der Waals surface area (Å²) in [4.78, 5) is 32.7. The Morgan fingerprint density at radius 2 is 1.83 bits per heavy atom. The molecule has 0 spiro atoms. The zero-order chi connectivity index (χ0) is 30.3. The summed E-state index contributed by atoms with van der Waals surface area (Å²) in [6.45, 7) is 3.51. The number of rotatable bonds is 12. The summed E-state index contributed by atoms with van der Waals surface area (Å²) in [6, 6.07) is 17.1. The largest absolute Gasteiger partial charge is 0.492 e. The number of ether oxygens (including phenoxy) is 1. The number of nitrogens with zero attached hydrogens (tertiary/aromatic N) is 2. The number of pyridine rings is 1. The number of benzene rings is 2. The predicted molar refractivity (Wildman–Crippen MR) is 165 cm³/mol. The molecule has 1 saturated carbocycles. The lowest BCUT2D eigenvalue weighted by Crippen LogP contribution is -2.57. The maximum atomic E-state index is 13.5. The second kappa shape index (κ2) is 14.1. The molecule has 3 aromatic rings. The number of aromatic nitrogens is 1. The Bertz CT molecular complexity index is 1400. The van der Waals surface area contributed by atoms with Crippen molar-refractivity contribution in [1.29, 1.82) is 0 Å². The zero-order valence-corrected chi connectivity index (χ0v) is 25.3. The van der Waals surface area contributed by atoms with Crippen molar-refractivity contribution in [1.82, 2.24) is 15.2 Å². The molecule has 0 aliphatic heterocycles. The molecule has 0 atom stereocenters. The highest BCUT2D eigenvalue weighted by molar-refractivity contribution is 6.32. The number of carbonyl (C=O) groups is 2. The average Bonchev–Trinajstić information content (AvgIpc) is 2.97. The van der Waals surface area contributed by atoms with E-state index in [2.05, 4.69) is 23.2 Å². The number of halogens is 1. The van der Waals surface area contributed by atoms with Gasteiger partial charge in [0.2, 0.25) is 0 Å². The lowest BCUT2D eigenvalue weighted by molar-refractivity contribution is -0.146. The van der Waals surface area contributed by atoms with E-state index >= 15 is 0 Å². The quantitative estimate of drug-likeness (QED) is 0.226. The van der Waals surface area contributed by atoms with Crippen LogP contribution in [0.3, 0.4) is 0 Å². The van der Waals surface area contributed by atoms with Crippen molar-refractivity contribution in [2.45, 2.75) is 63.5 Å². The molecule has 0 radical (unpaired) electrons. The maximum Gasteiger partial charge on any atom is 0.329 e. The summed E-state index contributed by atoms with van der Waals surface area (Å²) in [5, 5.41) is 23.2. The third kappa shape index (κ3) is 7.48. The molecule has 1 heterocycles. The van der Waals surface area contributed by atoms with Crippen molar-refractivity contribution >= 4 is 23.5 Å². The molecule has 8 nitrogen and oxygen atoms in total. The van der Waals surface area contributed by atoms with Gasteiger partial charge in [0.15, 0.2) is 0 Å². The molecule has 3 N–H and O–H groups in total. The minimum atomic E-state index is -1.45. The molecule has 1 aliphatic carbocycles. The SMILES string of the molecule is CCCc1ccccc1-c1ccc(C(=O)NC2(C(=O)O)CCC(O)CC2)nc1-c1ccc(Cl)c(OCCCN(C)C)c1. The van der Waals surface area contributed by atoms with Gasteiger partial charge in [0, 0.05) is 17.7 Å². The Morgan fingerprint density at radius 3 is 2.52 bits per heavy atom.